The number of nitrogens with one attached hydrogen (secondary N) is 1. The summed E-state index contributed by atoms with van der Waals surface area (Å²) < 4.78 is 9.31. The number of nitrogens with zero attached hydrogens (tertiary/aromatic N) is 3. The van der Waals surface area contributed by atoms with Gasteiger partial charge >= 0.3 is 0 Å². The van der Waals surface area contributed by atoms with Crippen LogP contribution in [0, 0.1) is 0 Å². The van der Waals surface area contributed by atoms with Gasteiger partial charge in [0, 0.05) is 59.8 Å². The number of carbonyl (C=O) groups is 1. The van der Waals surface area contributed by atoms with Gasteiger partial charge in [-0.15, -0.1) is 0 Å². The van der Waals surface area contributed by atoms with Gasteiger partial charge in [-0.1, -0.05) is 52.6 Å². The number of ether oxygens (including phenoxy) is 1. The maximum absolute atomic E-state index is 13.3. The average Bonchev–Trinajstić information content (AvgIpc) is 2.97. The van der Waals surface area contributed by atoms with E-state index in [1.165, 1.54) is 5.56 Å². The predicted octanol–water partition coefficient (Wildman–Crippen LogP) is 6.33. The van der Waals surface area contributed by atoms with Crippen molar-refractivity contribution >= 4 is 50.1 Å². The van der Waals surface area contributed by atoms with Crippen LogP contribution in [0.3, 0.4) is 0 Å². The van der Waals surface area contributed by atoms with Crippen LogP contribution in [0.15, 0.2) is 83.9 Å². The van der Waals surface area contributed by atoms with E-state index in [1.807, 2.05) is 54.4 Å². The van der Waals surface area contributed by atoms with Gasteiger partial charge in [0.1, 0.15) is 5.75 Å². The lowest BCUT2D eigenvalue weighted by Gasteiger charge is -2.35. The fourth-order valence-corrected chi connectivity index (χ4v) is 6.28. The molecule has 1 N–H and O–H groups in total. The molecular weight excluding hydrogens is 516 g/mol. The zero-order valence-corrected chi connectivity index (χ0v) is 23.1. The minimum Gasteiger partial charge on any atom is -0.495 e. The molecule has 1 saturated heterocycles. The molecule has 6 nitrogen and oxygen atoms in total. The zero-order chi connectivity index (χ0) is 26.5. The van der Waals surface area contributed by atoms with Crippen molar-refractivity contribution in [2.75, 3.05) is 38.0 Å². The van der Waals surface area contributed by atoms with Crippen LogP contribution < -0.4 is 9.46 Å². The molecule has 2 heterocycles. The summed E-state index contributed by atoms with van der Waals surface area (Å²) in [5.41, 5.74) is 3.67. The number of pyridine rings is 1. The van der Waals surface area contributed by atoms with Crippen LogP contribution in [0.25, 0.3) is 10.9 Å². The highest BCUT2D eigenvalue weighted by molar-refractivity contribution is 8.16. The van der Waals surface area contributed by atoms with Crippen molar-refractivity contribution in [3.8, 4) is 5.75 Å². The normalized spacial score (nSPS) is 15.0. The molecule has 1 fully saturated rings. The summed E-state index contributed by atoms with van der Waals surface area (Å²) >= 11 is 6.00. The van der Waals surface area contributed by atoms with Crippen molar-refractivity contribution in [3.05, 3.63) is 95.1 Å². The SMILES string of the molecule is C/C=S(\Nc1ccc(C(=O)N2CCN(Cc3ccc(Cl)cc3)CC2)cc1OC)c1cccc2cccnc12. The Morgan fingerprint density at radius 1 is 1.05 bits per heavy atom. The fraction of sp³-hybridized carbons (Fsp3) is 0.233. The molecule has 1 atom stereocenters. The first-order valence-electron chi connectivity index (χ1n) is 12.6. The van der Waals surface area contributed by atoms with Gasteiger partial charge in [-0.05, 0) is 60.3 Å². The van der Waals surface area contributed by atoms with Gasteiger partial charge in [-0.25, -0.2) is 0 Å². The first-order chi connectivity index (χ1) is 18.6. The Hall–Kier alpha value is -3.39. The Bertz CT molecular complexity index is 1460. The summed E-state index contributed by atoms with van der Waals surface area (Å²) in [6, 6.07) is 23.8. The summed E-state index contributed by atoms with van der Waals surface area (Å²) in [4.78, 5) is 23.3. The summed E-state index contributed by atoms with van der Waals surface area (Å²) in [6.07, 6.45) is 1.82. The molecular formula is C30H31ClN4O2S. The minimum atomic E-state index is -0.402. The second-order valence-corrected chi connectivity index (χ2v) is 11.3. The van der Waals surface area contributed by atoms with Crippen LogP contribution in [0.2, 0.25) is 5.02 Å². The molecule has 1 amide bonds. The van der Waals surface area contributed by atoms with Gasteiger partial charge in [0.15, 0.2) is 0 Å². The fourth-order valence-electron chi connectivity index (χ4n) is 4.66. The van der Waals surface area contributed by atoms with Crippen LogP contribution in [0.5, 0.6) is 5.75 Å². The number of anilines is 1. The molecule has 196 valence electrons. The largest absolute Gasteiger partial charge is 0.495 e. The van der Waals surface area contributed by atoms with Gasteiger partial charge < -0.3 is 14.4 Å². The molecule has 38 heavy (non-hydrogen) atoms. The predicted molar refractivity (Wildman–Crippen MR) is 159 cm³/mol. The molecule has 3 aromatic carbocycles. The second kappa shape index (κ2) is 12.0. The molecule has 0 aliphatic carbocycles. The van der Waals surface area contributed by atoms with E-state index >= 15 is 0 Å². The van der Waals surface area contributed by atoms with Crippen molar-refractivity contribution in [2.45, 2.75) is 18.4 Å². The number of hydrogen-bond acceptors (Lipinski definition) is 5. The molecule has 4 aromatic rings. The number of halogens is 1. The molecule has 8 heteroatoms. The lowest BCUT2D eigenvalue weighted by atomic mass is 10.1. The Morgan fingerprint density at radius 3 is 2.55 bits per heavy atom. The quantitative estimate of drug-likeness (QED) is 0.274. The average molecular weight is 547 g/mol. The molecule has 1 aromatic heterocycles. The van der Waals surface area contributed by atoms with Gasteiger partial charge in [0.2, 0.25) is 0 Å². The van der Waals surface area contributed by atoms with E-state index < -0.39 is 10.7 Å². The number of amides is 1. The number of hydrogen-bond donors (Lipinski definition) is 1. The highest BCUT2D eigenvalue weighted by Gasteiger charge is 2.23. The van der Waals surface area contributed by atoms with Crippen LogP contribution in [-0.2, 0) is 6.54 Å². The van der Waals surface area contributed by atoms with Crippen LogP contribution in [0.4, 0.5) is 5.69 Å². The van der Waals surface area contributed by atoms with Gasteiger partial charge in [-0.2, -0.15) is 0 Å². The number of methoxy groups -OCH3 is 1. The molecule has 1 aliphatic rings. The minimum absolute atomic E-state index is 0.0281. The van der Waals surface area contributed by atoms with E-state index in [2.05, 4.69) is 56.4 Å². The highest BCUT2D eigenvalue weighted by Crippen LogP contribution is 2.36. The Labute approximate surface area is 231 Å². The number of aromatic nitrogens is 1. The number of fused-ring (bicyclic) bond motifs is 1. The maximum Gasteiger partial charge on any atom is 0.254 e. The first kappa shape index (κ1) is 26.2. The van der Waals surface area contributed by atoms with E-state index in [-0.39, 0.29) is 5.91 Å². The topological polar surface area (TPSA) is 57.7 Å². The molecule has 1 unspecified atom stereocenters. The van der Waals surface area contributed by atoms with Crippen LogP contribution in [-0.4, -0.2) is 59.3 Å². The van der Waals surface area contributed by atoms with Crippen molar-refractivity contribution in [3.63, 3.8) is 0 Å². The van der Waals surface area contributed by atoms with E-state index in [0.717, 1.165) is 46.1 Å². The smallest absolute Gasteiger partial charge is 0.254 e. The monoisotopic (exact) mass is 546 g/mol. The van der Waals surface area contributed by atoms with Crippen molar-refractivity contribution in [2.24, 2.45) is 0 Å². The van der Waals surface area contributed by atoms with E-state index in [9.17, 15) is 4.79 Å². The Balaban J connectivity index is 1.27. The Morgan fingerprint density at radius 2 is 1.82 bits per heavy atom. The Kier molecular flexibility index (Phi) is 8.27. The van der Waals surface area contributed by atoms with Gasteiger partial charge in [0.05, 0.1) is 18.3 Å². The van der Waals surface area contributed by atoms with Crippen molar-refractivity contribution in [1.82, 2.24) is 14.8 Å². The molecule has 0 saturated carbocycles. The van der Waals surface area contributed by atoms with E-state index in [0.29, 0.717) is 24.4 Å². The second-order valence-electron chi connectivity index (χ2n) is 9.12. The van der Waals surface area contributed by atoms with Crippen molar-refractivity contribution in [1.29, 1.82) is 0 Å². The molecule has 5 rings (SSSR count). The third-order valence-electron chi connectivity index (χ3n) is 6.72. The van der Waals surface area contributed by atoms with E-state index in [1.54, 1.807) is 7.11 Å². The zero-order valence-electron chi connectivity index (χ0n) is 21.6. The number of rotatable bonds is 7. The maximum atomic E-state index is 13.3. The third-order valence-corrected chi connectivity index (χ3v) is 8.68. The first-order valence-corrected chi connectivity index (χ1v) is 14.3. The molecule has 0 spiro atoms. The summed E-state index contributed by atoms with van der Waals surface area (Å²) in [5.74, 6) is 0.671. The lowest BCUT2D eigenvalue weighted by Crippen LogP contribution is -2.48. The van der Waals surface area contributed by atoms with Gasteiger partial charge in [0.25, 0.3) is 5.91 Å². The summed E-state index contributed by atoms with van der Waals surface area (Å²) in [6.45, 7) is 5.94. The molecule has 1 aliphatic heterocycles. The molecule has 0 bridgehead atoms. The number of carbonyl (C=O) groups excluding carboxylic acids is 1. The third kappa shape index (κ3) is 5.85. The summed E-state index contributed by atoms with van der Waals surface area (Å²) in [5, 5.41) is 3.98. The number of para-hydroxylation sites is 1. The number of piperazine rings is 1. The summed E-state index contributed by atoms with van der Waals surface area (Å²) in [7, 11) is 1.23. The van der Waals surface area contributed by atoms with Crippen molar-refractivity contribution < 1.29 is 9.53 Å². The lowest BCUT2D eigenvalue weighted by molar-refractivity contribution is 0.0628. The van der Waals surface area contributed by atoms with Gasteiger partial charge in [-0.3, -0.25) is 14.7 Å². The molecule has 0 radical (unpaired) electrons. The standard InChI is InChI=1S/C30H31ClN4O2S/c1-3-38(28-8-4-6-23-7-5-15-32-29(23)28)33-26-14-11-24(20-27(26)37-2)30(36)35-18-16-34(17-19-35)21-22-9-12-25(31)13-10-22/h3-15,20,33H,16-19,21H2,1-2H3. The van der Waals surface area contributed by atoms with Crippen LogP contribution in [0.1, 0.15) is 22.8 Å². The number of benzene rings is 3. The van der Waals surface area contributed by atoms with Crippen LogP contribution >= 0.6 is 22.3 Å². The van der Waals surface area contributed by atoms with E-state index in [4.69, 9.17) is 16.3 Å². The highest BCUT2D eigenvalue weighted by atomic mass is 35.5.